The Bertz CT molecular complexity index is 319. The lowest BCUT2D eigenvalue weighted by Crippen LogP contribution is -2.42. The van der Waals surface area contributed by atoms with E-state index in [1.165, 1.54) is 32.2 Å². The molecule has 1 unspecified atom stereocenters. The van der Waals surface area contributed by atoms with Crippen LogP contribution in [-0.2, 0) is 0 Å². The molecule has 1 atom stereocenters. The third-order valence-corrected chi connectivity index (χ3v) is 4.27. The lowest BCUT2D eigenvalue weighted by molar-refractivity contribution is 0.257. The van der Waals surface area contributed by atoms with Crippen molar-refractivity contribution in [2.75, 3.05) is 40.3 Å². The monoisotopic (exact) mass is 294 g/mol. The van der Waals surface area contributed by atoms with Gasteiger partial charge in [0.2, 0.25) is 0 Å². The maximum absolute atomic E-state index is 9.36. The van der Waals surface area contributed by atoms with Gasteiger partial charge in [-0.1, -0.05) is 6.92 Å². The zero-order valence-corrected chi connectivity index (χ0v) is 14.5. The average molecular weight is 294 g/mol. The Hall–Kier alpha value is -0.630. The number of unbranched alkanes of at least 4 members (excludes halogenated alkanes) is 1. The fourth-order valence-electron chi connectivity index (χ4n) is 2.69. The topological polar surface area (TPSA) is 42.3 Å². The van der Waals surface area contributed by atoms with E-state index in [4.69, 9.17) is 0 Å². The number of rotatable bonds is 12. The van der Waals surface area contributed by atoms with Crippen LogP contribution in [0.5, 0.6) is 0 Å². The van der Waals surface area contributed by atoms with E-state index in [1.54, 1.807) is 0 Å². The largest absolute Gasteiger partial charge is 0.309 e. The van der Waals surface area contributed by atoms with Gasteiger partial charge in [-0.15, -0.1) is 0 Å². The van der Waals surface area contributed by atoms with E-state index >= 15 is 0 Å². The van der Waals surface area contributed by atoms with E-state index in [0.717, 1.165) is 32.5 Å². The summed E-state index contributed by atoms with van der Waals surface area (Å²) in [7, 11) is 4.26. The lowest BCUT2D eigenvalue weighted by Gasteiger charge is -2.25. The summed E-state index contributed by atoms with van der Waals surface area (Å²) in [5, 5.41) is 12.8. The summed E-state index contributed by atoms with van der Waals surface area (Å²) >= 11 is 0. The predicted octanol–water partition coefficient (Wildman–Crippen LogP) is 2.46. The molecule has 1 N–H and O–H groups in total. The minimum absolute atomic E-state index is 0.316. The van der Waals surface area contributed by atoms with E-state index in [2.05, 4.69) is 49.1 Å². The number of hydrogen-bond acceptors (Lipinski definition) is 4. The second-order valence-corrected chi connectivity index (χ2v) is 6.91. The highest BCUT2D eigenvalue weighted by Gasteiger charge is 2.31. The molecule has 1 aliphatic rings. The van der Waals surface area contributed by atoms with Crippen molar-refractivity contribution in [3.8, 4) is 6.07 Å². The van der Waals surface area contributed by atoms with Gasteiger partial charge in [-0.05, 0) is 85.7 Å². The van der Waals surface area contributed by atoms with Crippen LogP contribution in [0.3, 0.4) is 0 Å². The Morgan fingerprint density at radius 1 is 1.14 bits per heavy atom. The van der Waals surface area contributed by atoms with Gasteiger partial charge in [0.15, 0.2) is 0 Å². The molecule has 0 aromatic rings. The highest BCUT2D eigenvalue weighted by atomic mass is 15.1. The van der Waals surface area contributed by atoms with Crippen LogP contribution < -0.4 is 5.32 Å². The van der Waals surface area contributed by atoms with Gasteiger partial charge in [0, 0.05) is 6.04 Å². The molecule has 0 saturated heterocycles. The van der Waals surface area contributed by atoms with Crippen LogP contribution in [0.25, 0.3) is 0 Å². The van der Waals surface area contributed by atoms with Crippen LogP contribution in [0.2, 0.25) is 0 Å². The Morgan fingerprint density at radius 2 is 1.81 bits per heavy atom. The second-order valence-electron chi connectivity index (χ2n) is 6.91. The molecule has 1 aliphatic carbocycles. The van der Waals surface area contributed by atoms with Gasteiger partial charge in [-0.2, -0.15) is 5.26 Å². The van der Waals surface area contributed by atoms with Crippen molar-refractivity contribution in [1.82, 2.24) is 15.1 Å². The summed E-state index contributed by atoms with van der Waals surface area (Å²) in [5.41, 5.74) is -0.316. The Kier molecular flexibility index (Phi) is 8.24. The first kappa shape index (κ1) is 18.4. The number of nitrogens with one attached hydrogen (secondary N) is 1. The van der Waals surface area contributed by atoms with Crippen LogP contribution >= 0.6 is 0 Å². The molecule has 0 spiro atoms. The summed E-state index contributed by atoms with van der Waals surface area (Å²) in [4.78, 5) is 4.78. The van der Waals surface area contributed by atoms with Gasteiger partial charge in [-0.25, -0.2) is 0 Å². The molecule has 4 heteroatoms. The third kappa shape index (κ3) is 8.40. The molecule has 122 valence electrons. The lowest BCUT2D eigenvalue weighted by atomic mass is 9.96. The molecular weight excluding hydrogens is 260 g/mol. The molecular formula is C17H34N4. The fraction of sp³-hybridized carbons (Fsp3) is 0.941. The Morgan fingerprint density at radius 3 is 2.33 bits per heavy atom. The van der Waals surface area contributed by atoms with Crippen LogP contribution in [0.4, 0.5) is 0 Å². The van der Waals surface area contributed by atoms with E-state index < -0.39 is 0 Å². The minimum atomic E-state index is -0.316. The molecule has 4 nitrogen and oxygen atoms in total. The van der Waals surface area contributed by atoms with Crippen molar-refractivity contribution in [3.05, 3.63) is 0 Å². The molecule has 1 rings (SSSR count). The standard InChI is InChI=1S/C17H34N4/c1-5-21(14-8-12-20(3)4)13-7-6-11-17(2,15-18)19-16-9-10-16/h16,19H,5-14H2,1-4H3. The molecule has 21 heavy (non-hydrogen) atoms. The second kappa shape index (κ2) is 9.40. The van der Waals surface area contributed by atoms with Crippen LogP contribution in [0.15, 0.2) is 0 Å². The molecule has 0 aromatic heterocycles. The summed E-state index contributed by atoms with van der Waals surface area (Å²) in [6, 6.07) is 3.07. The smallest absolute Gasteiger partial charge is 0.104 e. The first-order chi connectivity index (χ1) is 9.99. The van der Waals surface area contributed by atoms with Crippen molar-refractivity contribution in [3.63, 3.8) is 0 Å². The van der Waals surface area contributed by atoms with E-state index in [1.807, 2.05) is 0 Å². The van der Waals surface area contributed by atoms with Crippen LogP contribution in [0, 0.1) is 11.3 Å². The highest BCUT2D eigenvalue weighted by Crippen LogP contribution is 2.24. The van der Waals surface area contributed by atoms with E-state index in [0.29, 0.717) is 6.04 Å². The minimum Gasteiger partial charge on any atom is -0.309 e. The molecule has 0 radical (unpaired) electrons. The van der Waals surface area contributed by atoms with Crippen molar-refractivity contribution in [2.24, 2.45) is 0 Å². The Labute approximate surface area is 131 Å². The zero-order chi connectivity index (χ0) is 15.7. The maximum atomic E-state index is 9.36. The molecule has 0 amide bonds. The van der Waals surface area contributed by atoms with Crippen molar-refractivity contribution >= 4 is 0 Å². The van der Waals surface area contributed by atoms with Gasteiger partial charge in [0.1, 0.15) is 5.54 Å². The van der Waals surface area contributed by atoms with Crippen LogP contribution in [0.1, 0.15) is 52.4 Å². The molecule has 1 fully saturated rings. The van der Waals surface area contributed by atoms with Crippen molar-refractivity contribution < 1.29 is 0 Å². The summed E-state index contributed by atoms with van der Waals surface area (Å²) in [6.07, 6.45) is 7.02. The van der Waals surface area contributed by atoms with Crippen molar-refractivity contribution in [2.45, 2.75) is 64.0 Å². The van der Waals surface area contributed by atoms with Gasteiger partial charge in [0.25, 0.3) is 0 Å². The van der Waals surface area contributed by atoms with E-state index in [-0.39, 0.29) is 5.54 Å². The average Bonchev–Trinajstić information content (AvgIpc) is 3.25. The Balaban J connectivity index is 2.13. The number of nitrogens with zero attached hydrogens (tertiary/aromatic N) is 3. The zero-order valence-electron chi connectivity index (χ0n) is 14.5. The summed E-state index contributed by atoms with van der Waals surface area (Å²) < 4.78 is 0. The van der Waals surface area contributed by atoms with Gasteiger partial charge in [0.05, 0.1) is 6.07 Å². The summed E-state index contributed by atoms with van der Waals surface area (Å²) in [6.45, 7) is 8.93. The molecule has 0 aromatic carbocycles. The number of hydrogen-bond donors (Lipinski definition) is 1. The normalized spacial score (nSPS) is 18.0. The predicted molar refractivity (Wildman–Crippen MR) is 89.3 cm³/mol. The van der Waals surface area contributed by atoms with Crippen molar-refractivity contribution in [1.29, 1.82) is 5.26 Å². The quantitative estimate of drug-likeness (QED) is 0.562. The molecule has 0 heterocycles. The first-order valence-electron chi connectivity index (χ1n) is 8.55. The molecule has 0 bridgehead atoms. The van der Waals surface area contributed by atoms with Gasteiger partial charge >= 0.3 is 0 Å². The molecule has 0 aliphatic heterocycles. The maximum Gasteiger partial charge on any atom is 0.104 e. The fourth-order valence-corrected chi connectivity index (χ4v) is 2.69. The molecule has 1 saturated carbocycles. The van der Waals surface area contributed by atoms with E-state index in [9.17, 15) is 5.26 Å². The highest BCUT2D eigenvalue weighted by molar-refractivity contribution is 5.06. The number of nitriles is 1. The SMILES string of the molecule is CCN(CCCCC(C)(C#N)NC1CC1)CCCN(C)C. The third-order valence-electron chi connectivity index (χ3n) is 4.27. The first-order valence-corrected chi connectivity index (χ1v) is 8.55. The van der Waals surface area contributed by atoms with Gasteiger partial charge in [-0.3, -0.25) is 5.32 Å². The summed E-state index contributed by atoms with van der Waals surface area (Å²) in [5.74, 6) is 0. The van der Waals surface area contributed by atoms with Gasteiger partial charge < -0.3 is 9.80 Å². The van der Waals surface area contributed by atoms with Crippen LogP contribution in [-0.4, -0.2) is 61.7 Å².